The monoisotopic (exact) mass is 485 g/mol. The summed E-state index contributed by atoms with van der Waals surface area (Å²) in [5.74, 6) is 0.283. The zero-order chi connectivity index (χ0) is 22.7. The minimum atomic E-state index is 0.283. The van der Waals surface area contributed by atoms with Gasteiger partial charge in [0.2, 0.25) is 0 Å². The Labute approximate surface area is 210 Å². The quantitative estimate of drug-likeness (QED) is 0.101. The molecule has 0 fully saturated rings. The van der Waals surface area contributed by atoms with Gasteiger partial charge in [0.05, 0.1) is 15.3 Å². The van der Waals surface area contributed by atoms with Crippen LogP contribution >= 0.6 is 35.3 Å². The lowest BCUT2D eigenvalue weighted by atomic mass is 10.1. The average Bonchev–Trinajstić information content (AvgIpc) is 2.87. The van der Waals surface area contributed by atoms with Crippen molar-refractivity contribution in [1.82, 2.24) is 0 Å². The van der Waals surface area contributed by atoms with Gasteiger partial charge in [-0.05, 0) is 55.0 Å². The number of hydrogen-bond acceptors (Lipinski definition) is 4. The van der Waals surface area contributed by atoms with Gasteiger partial charge in [0.15, 0.2) is 0 Å². The van der Waals surface area contributed by atoms with Crippen LogP contribution in [-0.2, 0) is 0 Å². The molecule has 0 spiro atoms. The second-order valence-corrected chi connectivity index (χ2v) is 11.3. The summed E-state index contributed by atoms with van der Waals surface area (Å²) in [5, 5.41) is 1.16. The largest absolute Gasteiger partial charge is 0.246 e. The van der Waals surface area contributed by atoms with Gasteiger partial charge in [-0.1, -0.05) is 91.5 Å². The van der Waals surface area contributed by atoms with E-state index < -0.39 is 0 Å². The minimum Gasteiger partial charge on any atom is -0.246 e. The molecule has 0 bridgehead atoms. The molecule has 1 atom stereocenters. The summed E-state index contributed by atoms with van der Waals surface area (Å²) in [6, 6.07) is 42.3. The molecule has 0 aliphatic heterocycles. The fourth-order valence-corrected chi connectivity index (χ4v) is 7.67. The van der Waals surface area contributed by atoms with E-state index in [1.165, 1.54) is 14.7 Å². The molecule has 166 valence electrons. The Hall–Kier alpha value is -2.40. The first-order valence-corrected chi connectivity index (χ1v) is 13.7. The van der Waals surface area contributed by atoms with Gasteiger partial charge in [-0.15, -0.1) is 23.5 Å². The van der Waals surface area contributed by atoms with Crippen molar-refractivity contribution in [1.29, 1.82) is 0 Å². The maximum absolute atomic E-state index is 5.18. The summed E-state index contributed by atoms with van der Waals surface area (Å²) in [6.45, 7) is 2.28. The molecule has 4 aromatic rings. The highest BCUT2D eigenvalue weighted by molar-refractivity contribution is 8.17. The highest BCUT2D eigenvalue weighted by atomic mass is 32.2. The van der Waals surface area contributed by atoms with Gasteiger partial charge in [-0.2, -0.15) is 0 Å². The summed E-state index contributed by atoms with van der Waals surface area (Å²) in [5.41, 5.74) is 1.00. The third-order valence-corrected chi connectivity index (χ3v) is 8.94. The standard InChI is InChI=1S/C29H27NS3/c1-2-27(28(30-23-15-7-3-8-16-23)31-24-17-9-4-10-18-24)29(32-25-19-11-5-12-20-25)33-26-21-13-6-14-22-26/h3-22,27,29H,2H2,1H3. The van der Waals surface area contributed by atoms with Gasteiger partial charge < -0.3 is 0 Å². The number of benzene rings is 4. The van der Waals surface area contributed by atoms with Crippen molar-refractivity contribution in [3.8, 4) is 0 Å². The van der Waals surface area contributed by atoms with Crippen LogP contribution in [0, 0.1) is 5.92 Å². The van der Waals surface area contributed by atoms with E-state index in [4.69, 9.17) is 4.99 Å². The molecule has 0 amide bonds. The molecule has 4 heteroatoms. The van der Waals surface area contributed by atoms with E-state index in [2.05, 4.69) is 122 Å². The molecule has 4 aromatic carbocycles. The summed E-state index contributed by atoms with van der Waals surface area (Å²) >= 11 is 5.66. The Bertz CT molecular complexity index is 1080. The van der Waals surface area contributed by atoms with E-state index >= 15 is 0 Å². The maximum atomic E-state index is 5.18. The molecular weight excluding hydrogens is 459 g/mol. The lowest BCUT2D eigenvalue weighted by Crippen LogP contribution is -2.21. The van der Waals surface area contributed by atoms with Crippen LogP contribution in [-0.4, -0.2) is 9.63 Å². The minimum absolute atomic E-state index is 0.283. The number of aliphatic imine (C=N–C) groups is 1. The number of rotatable bonds is 9. The van der Waals surface area contributed by atoms with Crippen LogP contribution in [0.2, 0.25) is 0 Å². The third-order valence-electron chi connectivity index (χ3n) is 5.04. The first-order valence-electron chi connectivity index (χ1n) is 11.1. The Balaban J connectivity index is 1.71. The molecule has 0 aromatic heterocycles. The zero-order valence-corrected chi connectivity index (χ0v) is 21.0. The lowest BCUT2D eigenvalue weighted by Gasteiger charge is -2.27. The van der Waals surface area contributed by atoms with E-state index in [0.29, 0.717) is 4.58 Å². The van der Waals surface area contributed by atoms with Crippen molar-refractivity contribution in [3.05, 3.63) is 121 Å². The molecule has 0 N–H and O–H groups in total. The molecule has 0 saturated heterocycles. The van der Waals surface area contributed by atoms with Crippen LogP contribution in [0.5, 0.6) is 0 Å². The number of hydrogen-bond donors (Lipinski definition) is 0. The summed E-state index contributed by atoms with van der Waals surface area (Å²) in [6.07, 6.45) is 1.01. The van der Waals surface area contributed by atoms with Crippen LogP contribution in [0.25, 0.3) is 0 Å². The maximum Gasteiger partial charge on any atom is 0.0836 e. The summed E-state index contributed by atoms with van der Waals surface area (Å²) in [4.78, 5) is 8.97. The summed E-state index contributed by atoms with van der Waals surface area (Å²) in [7, 11) is 0. The SMILES string of the molecule is CCC(C(=Nc1ccccc1)Sc1ccccc1)C(Sc1ccccc1)Sc1ccccc1. The first-order chi connectivity index (χ1) is 16.3. The smallest absolute Gasteiger partial charge is 0.0836 e. The van der Waals surface area contributed by atoms with E-state index in [9.17, 15) is 0 Å². The molecule has 33 heavy (non-hydrogen) atoms. The number of para-hydroxylation sites is 1. The fourth-order valence-electron chi connectivity index (χ4n) is 3.36. The van der Waals surface area contributed by atoms with Gasteiger partial charge in [0.1, 0.15) is 0 Å². The third kappa shape index (κ3) is 7.29. The number of nitrogens with zero attached hydrogens (tertiary/aromatic N) is 1. The van der Waals surface area contributed by atoms with Crippen LogP contribution in [0.3, 0.4) is 0 Å². The Morgan fingerprint density at radius 2 is 1.03 bits per heavy atom. The molecule has 0 aliphatic rings. The fraction of sp³-hybridized carbons (Fsp3) is 0.138. The van der Waals surface area contributed by atoms with Gasteiger partial charge in [0, 0.05) is 20.6 Å². The Kier molecular flexibility index (Phi) is 9.17. The van der Waals surface area contributed by atoms with E-state index in [1.54, 1.807) is 11.8 Å². The first kappa shape index (κ1) is 23.7. The Morgan fingerprint density at radius 3 is 1.48 bits per heavy atom. The normalized spacial score (nSPS) is 12.6. The molecule has 1 unspecified atom stereocenters. The van der Waals surface area contributed by atoms with Crippen LogP contribution in [0.15, 0.2) is 141 Å². The van der Waals surface area contributed by atoms with E-state index in [0.717, 1.165) is 17.2 Å². The Morgan fingerprint density at radius 1 is 0.606 bits per heavy atom. The topological polar surface area (TPSA) is 12.4 Å². The van der Waals surface area contributed by atoms with Crippen LogP contribution < -0.4 is 0 Å². The van der Waals surface area contributed by atoms with E-state index in [-0.39, 0.29) is 5.92 Å². The van der Waals surface area contributed by atoms with Gasteiger partial charge in [0.25, 0.3) is 0 Å². The van der Waals surface area contributed by atoms with Gasteiger partial charge in [-0.25, -0.2) is 4.99 Å². The highest BCUT2D eigenvalue weighted by Crippen LogP contribution is 2.44. The van der Waals surface area contributed by atoms with Gasteiger partial charge >= 0.3 is 0 Å². The predicted molar refractivity (Wildman–Crippen MR) is 148 cm³/mol. The van der Waals surface area contributed by atoms with Crippen molar-refractivity contribution >= 4 is 46.0 Å². The highest BCUT2D eigenvalue weighted by Gasteiger charge is 2.28. The molecule has 0 saturated carbocycles. The second-order valence-electron chi connectivity index (χ2n) is 7.45. The molecule has 4 rings (SSSR count). The molecule has 0 aliphatic carbocycles. The lowest BCUT2D eigenvalue weighted by molar-refractivity contribution is 0.736. The van der Waals surface area contributed by atoms with Crippen molar-refractivity contribution in [2.24, 2.45) is 10.9 Å². The molecule has 1 nitrogen and oxygen atoms in total. The van der Waals surface area contributed by atoms with Gasteiger partial charge in [-0.3, -0.25) is 0 Å². The zero-order valence-electron chi connectivity index (χ0n) is 18.6. The van der Waals surface area contributed by atoms with Crippen molar-refractivity contribution in [3.63, 3.8) is 0 Å². The second kappa shape index (κ2) is 12.7. The van der Waals surface area contributed by atoms with Crippen molar-refractivity contribution in [2.45, 2.75) is 32.6 Å². The van der Waals surface area contributed by atoms with Crippen LogP contribution in [0.1, 0.15) is 13.3 Å². The average molecular weight is 486 g/mol. The van der Waals surface area contributed by atoms with Crippen molar-refractivity contribution < 1.29 is 0 Å². The molecule has 0 radical (unpaired) electrons. The summed E-state index contributed by atoms with van der Waals surface area (Å²) < 4.78 is 0.290. The molecular formula is C29H27NS3. The predicted octanol–water partition coefficient (Wildman–Crippen LogP) is 9.45. The van der Waals surface area contributed by atoms with E-state index in [1.807, 2.05) is 29.6 Å². The number of thioether (sulfide) groups is 3. The van der Waals surface area contributed by atoms with Crippen molar-refractivity contribution in [2.75, 3.05) is 0 Å². The molecule has 0 heterocycles. The van der Waals surface area contributed by atoms with Crippen LogP contribution in [0.4, 0.5) is 5.69 Å².